The summed E-state index contributed by atoms with van der Waals surface area (Å²) >= 11 is 0. The maximum Gasteiger partial charge on any atom is 0.111 e. The molecule has 4 unspecified atom stereocenters. The van der Waals surface area contributed by atoms with Crippen molar-refractivity contribution in [2.75, 3.05) is 27.2 Å². The summed E-state index contributed by atoms with van der Waals surface area (Å²) in [6.07, 6.45) is 6.12. The molecule has 2 aromatic rings. The van der Waals surface area contributed by atoms with Gasteiger partial charge in [0.2, 0.25) is 0 Å². The van der Waals surface area contributed by atoms with E-state index in [-0.39, 0.29) is 24.7 Å². The number of nitrogens with zero attached hydrogens (tertiary/aromatic N) is 2. The van der Waals surface area contributed by atoms with Gasteiger partial charge >= 0.3 is 0 Å². The van der Waals surface area contributed by atoms with Crippen LogP contribution in [-0.2, 0) is 9.47 Å². The Hall–Kier alpha value is -1.72. The van der Waals surface area contributed by atoms with Crippen LogP contribution in [-0.4, -0.2) is 49.4 Å². The molecule has 4 atom stereocenters. The molecule has 4 heteroatoms. The summed E-state index contributed by atoms with van der Waals surface area (Å²) in [5.74, 6) is 0. The summed E-state index contributed by atoms with van der Waals surface area (Å²) in [5, 5.41) is 0. The zero-order valence-corrected chi connectivity index (χ0v) is 17.7. The van der Waals surface area contributed by atoms with Gasteiger partial charge in [-0.3, -0.25) is 9.80 Å². The Balaban J connectivity index is 1.29. The maximum absolute atomic E-state index is 6.46. The zero-order chi connectivity index (χ0) is 20.1. The van der Waals surface area contributed by atoms with Gasteiger partial charge in [0.15, 0.2) is 0 Å². The second-order valence-electron chi connectivity index (χ2n) is 8.45. The van der Waals surface area contributed by atoms with Crippen molar-refractivity contribution in [2.45, 2.75) is 56.8 Å². The van der Waals surface area contributed by atoms with Crippen molar-refractivity contribution in [2.24, 2.45) is 0 Å². The first-order chi connectivity index (χ1) is 14.2. The van der Waals surface area contributed by atoms with Crippen LogP contribution in [0.25, 0.3) is 0 Å². The third-order valence-corrected chi connectivity index (χ3v) is 6.36. The van der Waals surface area contributed by atoms with Crippen LogP contribution in [0, 0.1) is 0 Å². The van der Waals surface area contributed by atoms with Gasteiger partial charge in [0.1, 0.15) is 12.5 Å². The highest BCUT2D eigenvalue weighted by Gasteiger charge is 2.30. The van der Waals surface area contributed by atoms with E-state index in [4.69, 9.17) is 9.47 Å². The summed E-state index contributed by atoms with van der Waals surface area (Å²) in [6.45, 7) is 2.17. The first kappa shape index (κ1) is 20.5. The van der Waals surface area contributed by atoms with Crippen LogP contribution in [0.15, 0.2) is 60.7 Å². The molecule has 2 aliphatic heterocycles. The van der Waals surface area contributed by atoms with E-state index in [1.165, 1.54) is 11.1 Å². The second-order valence-corrected chi connectivity index (χ2v) is 8.45. The third kappa shape index (κ3) is 5.26. The van der Waals surface area contributed by atoms with Crippen LogP contribution in [0.5, 0.6) is 0 Å². The Kier molecular flexibility index (Phi) is 6.98. The molecule has 4 nitrogen and oxygen atoms in total. The molecular formula is C25H34N2O2. The molecule has 156 valence electrons. The molecule has 29 heavy (non-hydrogen) atoms. The van der Waals surface area contributed by atoms with Crippen molar-refractivity contribution in [3.63, 3.8) is 0 Å². The minimum Gasteiger partial charge on any atom is -0.355 e. The molecule has 2 fully saturated rings. The first-order valence-corrected chi connectivity index (χ1v) is 11.0. The van der Waals surface area contributed by atoms with E-state index in [0.717, 1.165) is 45.2 Å². The fourth-order valence-electron chi connectivity index (χ4n) is 4.52. The van der Waals surface area contributed by atoms with E-state index in [1.54, 1.807) is 0 Å². The molecule has 2 saturated heterocycles. The fraction of sp³-hybridized carbons (Fsp3) is 0.520. The lowest BCUT2D eigenvalue weighted by molar-refractivity contribution is -0.148. The van der Waals surface area contributed by atoms with Crippen LogP contribution in [0.4, 0.5) is 0 Å². The molecule has 0 spiro atoms. The Morgan fingerprint density at radius 1 is 0.690 bits per heavy atom. The summed E-state index contributed by atoms with van der Waals surface area (Å²) in [7, 11) is 4.36. The van der Waals surface area contributed by atoms with Crippen LogP contribution in [0.3, 0.4) is 0 Å². The minimum absolute atomic E-state index is 0.188. The van der Waals surface area contributed by atoms with E-state index in [1.807, 2.05) is 0 Å². The average molecular weight is 395 g/mol. The quantitative estimate of drug-likeness (QED) is 0.689. The predicted octanol–water partition coefficient (Wildman–Crippen LogP) is 5.00. The number of ether oxygens (including phenoxy) is 2. The van der Waals surface area contributed by atoms with Gasteiger partial charge in [0, 0.05) is 13.1 Å². The number of hydrogen-bond acceptors (Lipinski definition) is 4. The minimum atomic E-state index is 0.188. The lowest BCUT2D eigenvalue weighted by Crippen LogP contribution is -2.43. The van der Waals surface area contributed by atoms with Gasteiger partial charge in [0.05, 0.1) is 12.2 Å². The second kappa shape index (κ2) is 9.86. The highest BCUT2D eigenvalue weighted by Crippen LogP contribution is 2.32. The van der Waals surface area contributed by atoms with Gasteiger partial charge in [-0.2, -0.15) is 0 Å². The van der Waals surface area contributed by atoms with Crippen LogP contribution in [0.2, 0.25) is 0 Å². The van der Waals surface area contributed by atoms with Crippen molar-refractivity contribution in [1.82, 2.24) is 9.80 Å². The molecule has 2 heterocycles. The molecule has 0 aromatic heterocycles. The molecule has 0 aliphatic carbocycles. The highest BCUT2D eigenvalue weighted by molar-refractivity contribution is 5.18. The van der Waals surface area contributed by atoms with Gasteiger partial charge in [-0.25, -0.2) is 0 Å². The smallest absolute Gasteiger partial charge is 0.111 e. The average Bonchev–Trinajstić information content (AvgIpc) is 2.77. The molecule has 2 aromatic carbocycles. The lowest BCUT2D eigenvalue weighted by atomic mass is 10.0. The van der Waals surface area contributed by atoms with Gasteiger partial charge < -0.3 is 9.47 Å². The molecule has 2 aliphatic rings. The van der Waals surface area contributed by atoms with Crippen molar-refractivity contribution in [3.05, 3.63) is 71.8 Å². The number of rotatable bonds is 6. The summed E-state index contributed by atoms with van der Waals surface area (Å²) in [4.78, 5) is 4.72. The van der Waals surface area contributed by atoms with E-state index < -0.39 is 0 Å². The summed E-state index contributed by atoms with van der Waals surface area (Å²) in [5.41, 5.74) is 2.60. The first-order valence-electron chi connectivity index (χ1n) is 11.0. The summed E-state index contributed by atoms with van der Waals surface area (Å²) in [6, 6.07) is 21.3. The maximum atomic E-state index is 6.46. The molecular weight excluding hydrogens is 360 g/mol. The van der Waals surface area contributed by atoms with E-state index in [9.17, 15) is 0 Å². The van der Waals surface area contributed by atoms with E-state index >= 15 is 0 Å². The normalized spacial score (nSPS) is 29.0. The summed E-state index contributed by atoms with van der Waals surface area (Å²) < 4.78 is 12.9. The molecule has 0 N–H and O–H groups in total. The standard InChI is InChI=1S/C25H34N2O2/c1-26-18-16-22(20-10-5-3-6-11-20)28-24(26)14-9-15-25-27(2)19-17-23(29-25)21-12-7-4-8-13-21/h3-8,10-13,22-25H,9,14-19H2,1-2H3. The van der Waals surface area contributed by atoms with Crippen molar-refractivity contribution >= 4 is 0 Å². The van der Waals surface area contributed by atoms with Gasteiger partial charge in [-0.15, -0.1) is 0 Å². The molecule has 0 amide bonds. The SMILES string of the molecule is CN1CCC(c2ccccc2)OC1CCCC1OC(c2ccccc2)CCN1C. The molecule has 4 rings (SSSR count). The number of hydrogen-bond donors (Lipinski definition) is 0. The zero-order valence-electron chi connectivity index (χ0n) is 17.7. The Morgan fingerprint density at radius 2 is 1.10 bits per heavy atom. The number of benzene rings is 2. The van der Waals surface area contributed by atoms with Gasteiger partial charge in [0.25, 0.3) is 0 Å². The highest BCUT2D eigenvalue weighted by atomic mass is 16.5. The Morgan fingerprint density at radius 3 is 1.52 bits per heavy atom. The topological polar surface area (TPSA) is 24.9 Å². The molecule has 0 bridgehead atoms. The van der Waals surface area contributed by atoms with Gasteiger partial charge in [-0.1, -0.05) is 60.7 Å². The van der Waals surface area contributed by atoms with Crippen LogP contribution < -0.4 is 0 Å². The lowest BCUT2D eigenvalue weighted by Gasteiger charge is -2.39. The largest absolute Gasteiger partial charge is 0.355 e. The predicted molar refractivity (Wildman–Crippen MR) is 116 cm³/mol. The monoisotopic (exact) mass is 394 g/mol. The third-order valence-electron chi connectivity index (χ3n) is 6.36. The van der Waals surface area contributed by atoms with Gasteiger partial charge in [-0.05, 0) is 57.3 Å². The Labute approximate surface area is 175 Å². The fourth-order valence-corrected chi connectivity index (χ4v) is 4.52. The molecule has 0 radical (unpaired) electrons. The van der Waals surface area contributed by atoms with E-state index in [2.05, 4.69) is 84.6 Å². The van der Waals surface area contributed by atoms with Crippen molar-refractivity contribution < 1.29 is 9.47 Å². The van der Waals surface area contributed by atoms with Crippen molar-refractivity contribution in [1.29, 1.82) is 0 Å². The van der Waals surface area contributed by atoms with E-state index in [0.29, 0.717) is 0 Å². The van der Waals surface area contributed by atoms with Crippen LogP contribution in [0.1, 0.15) is 55.4 Å². The van der Waals surface area contributed by atoms with Crippen molar-refractivity contribution in [3.8, 4) is 0 Å². The van der Waals surface area contributed by atoms with Crippen LogP contribution >= 0.6 is 0 Å². The Bertz CT molecular complexity index is 676. The molecule has 0 saturated carbocycles.